The Hall–Kier alpha value is -2.48. The molecule has 0 aliphatic carbocycles. The van der Waals surface area contributed by atoms with Crippen LogP contribution in [-0.4, -0.2) is 56.5 Å². The SMILES string of the molecule is CO[C@@H]1CN(c2ccnc3c2cnn3C)C[C@H]1c1cn[nH]n1. The number of ether oxygens (including phenoxy) is 1. The summed E-state index contributed by atoms with van der Waals surface area (Å²) in [4.78, 5) is 6.70. The van der Waals surface area contributed by atoms with Crippen LogP contribution in [0.2, 0.25) is 0 Å². The summed E-state index contributed by atoms with van der Waals surface area (Å²) in [5.74, 6) is 0.198. The summed E-state index contributed by atoms with van der Waals surface area (Å²) in [6, 6.07) is 2.03. The standard InChI is InChI=1S/C14H17N7O/c1-20-14-9(5-17-20)12(3-4-15-14)21-7-10(13(8-21)22-2)11-6-16-19-18-11/h3-6,10,13H,7-8H2,1-2H3,(H,16,18,19)/t10-,13+/m0/s1. The van der Waals surface area contributed by atoms with Gasteiger partial charge in [0.25, 0.3) is 0 Å². The van der Waals surface area contributed by atoms with Crippen LogP contribution in [0.25, 0.3) is 11.0 Å². The number of hydrogen-bond acceptors (Lipinski definition) is 6. The number of hydrogen-bond donors (Lipinski definition) is 1. The quantitative estimate of drug-likeness (QED) is 0.766. The molecule has 114 valence electrons. The Bertz CT molecular complexity index is 782. The molecule has 3 aromatic heterocycles. The highest BCUT2D eigenvalue weighted by Gasteiger charge is 2.36. The molecule has 0 bridgehead atoms. The number of aryl methyl sites for hydroxylation is 1. The number of pyridine rings is 1. The predicted molar refractivity (Wildman–Crippen MR) is 80.6 cm³/mol. The lowest BCUT2D eigenvalue weighted by molar-refractivity contribution is 0.106. The lowest BCUT2D eigenvalue weighted by atomic mass is 10.0. The van der Waals surface area contributed by atoms with Gasteiger partial charge in [0.15, 0.2) is 5.65 Å². The third kappa shape index (κ3) is 1.95. The van der Waals surface area contributed by atoms with Gasteiger partial charge in [-0.3, -0.25) is 4.68 Å². The summed E-state index contributed by atoms with van der Waals surface area (Å²) in [7, 11) is 3.65. The van der Waals surface area contributed by atoms with E-state index in [0.29, 0.717) is 0 Å². The van der Waals surface area contributed by atoms with Crippen molar-refractivity contribution >= 4 is 16.7 Å². The minimum atomic E-state index is 0.0880. The number of rotatable bonds is 3. The van der Waals surface area contributed by atoms with E-state index in [1.165, 1.54) is 0 Å². The highest BCUT2D eigenvalue weighted by Crippen LogP contribution is 2.34. The molecule has 0 spiro atoms. The van der Waals surface area contributed by atoms with Gasteiger partial charge >= 0.3 is 0 Å². The maximum absolute atomic E-state index is 5.66. The molecule has 0 unspecified atom stereocenters. The zero-order chi connectivity index (χ0) is 15.1. The number of nitrogens with zero attached hydrogens (tertiary/aromatic N) is 6. The Morgan fingerprint density at radius 2 is 2.23 bits per heavy atom. The Balaban J connectivity index is 1.71. The summed E-state index contributed by atoms with van der Waals surface area (Å²) in [6.07, 6.45) is 5.55. The van der Waals surface area contributed by atoms with Crippen LogP contribution in [0.5, 0.6) is 0 Å². The fraction of sp³-hybridized carbons (Fsp3) is 0.429. The molecule has 2 atom stereocenters. The number of H-pyrrole nitrogens is 1. The van der Waals surface area contributed by atoms with Crippen LogP contribution < -0.4 is 4.90 Å². The first-order chi connectivity index (χ1) is 10.8. The van der Waals surface area contributed by atoms with E-state index in [9.17, 15) is 0 Å². The summed E-state index contributed by atoms with van der Waals surface area (Å²) >= 11 is 0. The zero-order valence-electron chi connectivity index (χ0n) is 12.5. The Morgan fingerprint density at radius 1 is 1.32 bits per heavy atom. The molecule has 1 aliphatic heterocycles. The van der Waals surface area contributed by atoms with Crippen molar-refractivity contribution in [3.8, 4) is 0 Å². The number of methoxy groups -OCH3 is 1. The van der Waals surface area contributed by atoms with Gasteiger partial charge in [0.1, 0.15) is 0 Å². The van der Waals surface area contributed by atoms with Crippen LogP contribution in [0, 0.1) is 0 Å². The molecule has 0 aromatic carbocycles. The van der Waals surface area contributed by atoms with Crippen LogP contribution in [0.1, 0.15) is 11.6 Å². The fourth-order valence-corrected chi connectivity index (χ4v) is 3.19. The van der Waals surface area contributed by atoms with E-state index < -0.39 is 0 Å². The van der Waals surface area contributed by atoms with Crippen LogP contribution >= 0.6 is 0 Å². The van der Waals surface area contributed by atoms with Gasteiger partial charge in [-0.2, -0.15) is 20.5 Å². The van der Waals surface area contributed by atoms with Crippen LogP contribution in [-0.2, 0) is 11.8 Å². The number of anilines is 1. The van der Waals surface area contributed by atoms with Crippen molar-refractivity contribution in [1.29, 1.82) is 0 Å². The van der Waals surface area contributed by atoms with Crippen molar-refractivity contribution in [3.05, 3.63) is 30.4 Å². The topological polar surface area (TPSA) is 84.8 Å². The average molecular weight is 299 g/mol. The summed E-state index contributed by atoms with van der Waals surface area (Å²) in [6.45, 7) is 1.64. The van der Waals surface area contributed by atoms with Crippen molar-refractivity contribution in [3.63, 3.8) is 0 Å². The highest BCUT2D eigenvalue weighted by molar-refractivity contribution is 5.89. The van der Waals surface area contributed by atoms with Gasteiger partial charge < -0.3 is 9.64 Å². The molecule has 1 fully saturated rings. The number of fused-ring (bicyclic) bond motifs is 1. The van der Waals surface area contributed by atoms with Gasteiger partial charge in [-0.05, 0) is 6.07 Å². The number of aromatic amines is 1. The maximum atomic E-state index is 5.66. The molecule has 1 saturated heterocycles. The van der Waals surface area contributed by atoms with Crippen LogP contribution in [0.15, 0.2) is 24.7 Å². The fourth-order valence-electron chi connectivity index (χ4n) is 3.19. The summed E-state index contributed by atoms with van der Waals surface area (Å²) in [5.41, 5.74) is 2.95. The molecule has 0 radical (unpaired) electrons. The summed E-state index contributed by atoms with van der Waals surface area (Å²) in [5, 5.41) is 16.2. The number of aromatic nitrogens is 6. The number of nitrogens with one attached hydrogen (secondary N) is 1. The zero-order valence-corrected chi connectivity index (χ0v) is 12.5. The van der Waals surface area contributed by atoms with E-state index in [4.69, 9.17) is 4.74 Å². The average Bonchev–Trinajstić information content (AvgIpc) is 3.26. The van der Waals surface area contributed by atoms with Crippen molar-refractivity contribution in [2.24, 2.45) is 7.05 Å². The van der Waals surface area contributed by atoms with Crippen molar-refractivity contribution in [2.75, 3.05) is 25.1 Å². The lowest BCUT2D eigenvalue weighted by Gasteiger charge is -2.18. The molecule has 1 N–H and O–H groups in total. The van der Waals surface area contributed by atoms with Gasteiger partial charge in [0.2, 0.25) is 0 Å². The van der Waals surface area contributed by atoms with E-state index in [-0.39, 0.29) is 12.0 Å². The molecule has 8 heteroatoms. The molecule has 0 amide bonds. The minimum absolute atomic E-state index is 0.0880. The Kier molecular flexibility index (Phi) is 3.04. The van der Waals surface area contributed by atoms with E-state index in [2.05, 4.69) is 30.4 Å². The monoisotopic (exact) mass is 299 g/mol. The first-order valence-electron chi connectivity index (χ1n) is 7.18. The molecule has 0 saturated carbocycles. The first kappa shape index (κ1) is 13.2. The van der Waals surface area contributed by atoms with Gasteiger partial charge in [0.05, 0.1) is 41.2 Å². The van der Waals surface area contributed by atoms with Crippen molar-refractivity contribution < 1.29 is 4.74 Å². The van der Waals surface area contributed by atoms with Gasteiger partial charge in [-0.25, -0.2) is 4.98 Å². The lowest BCUT2D eigenvalue weighted by Crippen LogP contribution is -2.22. The minimum Gasteiger partial charge on any atom is -0.379 e. The van der Waals surface area contributed by atoms with Crippen LogP contribution in [0.4, 0.5) is 5.69 Å². The molecule has 22 heavy (non-hydrogen) atoms. The van der Waals surface area contributed by atoms with E-state index >= 15 is 0 Å². The van der Waals surface area contributed by atoms with Crippen molar-refractivity contribution in [1.82, 2.24) is 30.2 Å². The predicted octanol–water partition coefficient (Wildman–Crippen LogP) is 0.705. The van der Waals surface area contributed by atoms with E-state index in [1.807, 2.05) is 25.5 Å². The molecule has 4 heterocycles. The van der Waals surface area contributed by atoms with Crippen molar-refractivity contribution in [2.45, 2.75) is 12.0 Å². The molecular formula is C14H17N7O. The second kappa shape index (κ2) is 5.06. The van der Waals surface area contributed by atoms with Gasteiger partial charge in [-0.15, -0.1) is 0 Å². The van der Waals surface area contributed by atoms with Gasteiger partial charge in [-0.1, -0.05) is 0 Å². The van der Waals surface area contributed by atoms with Crippen LogP contribution in [0.3, 0.4) is 0 Å². The molecule has 8 nitrogen and oxygen atoms in total. The third-order valence-electron chi connectivity index (χ3n) is 4.34. The van der Waals surface area contributed by atoms with E-state index in [1.54, 1.807) is 18.0 Å². The summed E-state index contributed by atoms with van der Waals surface area (Å²) < 4.78 is 7.45. The maximum Gasteiger partial charge on any atom is 0.159 e. The second-order valence-electron chi connectivity index (χ2n) is 5.52. The molecular weight excluding hydrogens is 282 g/mol. The van der Waals surface area contributed by atoms with E-state index in [0.717, 1.165) is 35.5 Å². The Morgan fingerprint density at radius 3 is 3.00 bits per heavy atom. The smallest absolute Gasteiger partial charge is 0.159 e. The normalized spacial score (nSPS) is 21.8. The van der Waals surface area contributed by atoms with Gasteiger partial charge in [0, 0.05) is 33.4 Å². The molecule has 4 rings (SSSR count). The molecule has 3 aromatic rings. The largest absolute Gasteiger partial charge is 0.379 e. The first-order valence-corrected chi connectivity index (χ1v) is 7.18. The third-order valence-corrected chi connectivity index (χ3v) is 4.34. The highest BCUT2D eigenvalue weighted by atomic mass is 16.5. The molecule has 1 aliphatic rings. The second-order valence-corrected chi connectivity index (χ2v) is 5.52. The Labute approximate surface area is 127 Å².